The van der Waals surface area contributed by atoms with Crippen molar-refractivity contribution < 1.29 is 0 Å². The molecule has 23 heavy (non-hydrogen) atoms. The summed E-state index contributed by atoms with van der Waals surface area (Å²) in [6, 6.07) is 22.0. The Morgan fingerprint density at radius 3 is 2.61 bits per heavy atom. The van der Waals surface area contributed by atoms with E-state index in [9.17, 15) is 0 Å². The summed E-state index contributed by atoms with van der Waals surface area (Å²) in [5.74, 6) is 0. The molecule has 0 amide bonds. The standard InChI is InChI=1S/C22H21N/c1-3-16-10-11-19-17(13-16)14-21-20(19)8-5-9-22(21)23-18-7-4-6-15(2)12-18/h4-13,23H,3,14H2,1-2H3. The first-order valence-corrected chi connectivity index (χ1v) is 8.32. The van der Waals surface area contributed by atoms with Gasteiger partial charge in [0.05, 0.1) is 0 Å². The zero-order chi connectivity index (χ0) is 15.8. The third-order valence-corrected chi connectivity index (χ3v) is 4.71. The molecule has 0 aromatic heterocycles. The number of fused-ring (bicyclic) bond motifs is 3. The molecule has 4 rings (SSSR count). The van der Waals surface area contributed by atoms with E-state index < -0.39 is 0 Å². The summed E-state index contributed by atoms with van der Waals surface area (Å²) in [5, 5.41) is 3.61. The highest BCUT2D eigenvalue weighted by atomic mass is 14.9. The molecule has 1 aliphatic rings. The van der Waals surface area contributed by atoms with Gasteiger partial charge in [0, 0.05) is 17.8 Å². The predicted octanol–water partition coefficient (Wildman–Crippen LogP) is 5.87. The van der Waals surface area contributed by atoms with Crippen molar-refractivity contribution in [2.24, 2.45) is 0 Å². The van der Waals surface area contributed by atoms with Crippen molar-refractivity contribution in [3.05, 3.63) is 82.9 Å². The Morgan fingerprint density at radius 1 is 0.913 bits per heavy atom. The van der Waals surface area contributed by atoms with Crippen LogP contribution in [0, 0.1) is 6.92 Å². The minimum atomic E-state index is 1.02. The minimum absolute atomic E-state index is 1.02. The van der Waals surface area contributed by atoms with Crippen molar-refractivity contribution in [3.63, 3.8) is 0 Å². The first-order chi connectivity index (χ1) is 11.2. The quantitative estimate of drug-likeness (QED) is 0.498. The maximum Gasteiger partial charge on any atom is 0.0426 e. The van der Waals surface area contributed by atoms with Gasteiger partial charge in [0.2, 0.25) is 0 Å². The van der Waals surface area contributed by atoms with Crippen molar-refractivity contribution in [2.45, 2.75) is 26.7 Å². The van der Waals surface area contributed by atoms with Crippen LogP contribution in [0.25, 0.3) is 11.1 Å². The Kier molecular flexibility index (Phi) is 3.42. The second-order valence-corrected chi connectivity index (χ2v) is 6.35. The van der Waals surface area contributed by atoms with E-state index in [0.717, 1.165) is 18.5 Å². The van der Waals surface area contributed by atoms with Gasteiger partial charge in [0.1, 0.15) is 0 Å². The largest absolute Gasteiger partial charge is 0.355 e. The van der Waals surface area contributed by atoms with Crippen LogP contribution in [0.2, 0.25) is 0 Å². The fourth-order valence-electron chi connectivity index (χ4n) is 3.49. The third kappa shape index (κ3) is 2.53. The lowest BCUT2D eigenvalue weighted by Crippen LogP contribution is -1.95. The highest BCUT2D eigenvalue weighted by Gasteiger charge is 2.21. The maximum atomic E-state index is 3.61. The highest BCUT2D eigenvalue weighted by molar-refractivity contribution is 5.83. The Balaban J connectivity index is 1.73. The van der Waals surface area contributed by atoms with E-state index in [2.05, 4.69) is 79.8 Å². The fraction of sp³-hybridized carbons (Fsp3) is 0.182. The molecule has 1 aliphatic carbocycles. The molecular weight excluding hydrogens is 278 g/mol. The summed E-state index contributed by atoms with van der Waals surface area (Å²) in [5.41, 5.74) is 10.7. The van der Waals surface area contributed by atoms with Gasteiger partial charge in [-0.05, 0) is 64.9 Å². The number of hydrogen-bond donors (Lipinski definition) is 1. The monoisotopic (exact) mass is 299 g/mol. The summed E-state index contributed by atoms with van der Waals surface area (Å²) in [4.78, 5) is 0. The van der Waals surface area contributed by atoms with Crippen molar-refractivity contribution in [1.82, 2.24) is 0 Å². The highest BCUT2D eigenvalue weighted by Crippen LogP contribution is 2.41. The lowest BCUT2D eigenvalue weighted by atomic mass is 10.0. The molecule has 0 bridgehead atoms. The van der Waals surface area contributed by atoms with E-state index in [1.165, 1.54) is 39.1 Å². The van der Waals surface area contributed by atoms with Crippen LogP contribution in [0.5, 0.6) is 0 Å². The van der Waals surface area contributed by atoms with Crippen LogP contribution >= 0.6 is 0 Å². The van der Waals surface area contributed by atoms with Crippen molar-refractivity contribution in [3.8, 4) is 11.1 Å². The lowest BCUT2D eigenvalue weighted by Gasteiger charge is -2.12. The maximum absolute atomic E-state index is 3.61. The van der Waals surface area contributed by atoms with Gasteiger partial charge >= 0.3 is 0 Å². The van der Waals surface area contributed by atoms with E-state index in [-0.39, 0.29) is 0 Å². The SMILES string of the molecule is CCc1ccc2c(c1)Cc1c(Nc3cccc(C)c3)cccc1-2. The zero-order valence-electron chi connectivity index (χ0n) is 13.7. The average Bonchev–Trinajstić information content (AvgIpc) is 2.93. The van der Waals surface area contributed by atoms with E-state index in [0.29, 0.717) is 0 Å². The molecule has 0 heterocycles. The Morgan fingerprint density at radius 2 is 1.78 bits per heavy atom. The molecule has 0 aliphatic heterocycles. The lowest BCUT2D eigenvalue weighted by molar-refractivity contribution is 1.12. The average molecular weight is 299 g/mol. The molecule has 0 unspecified atom stereocenters. The molecule has 1 nitrogen and oxygen atoms in total. The van der Waals surface area contributed by atoms with Gasteiger partial charge in [-0.2, -0.15) is 0 Å². The molecule has 0 saturated heterocycles. The normalized spacial score (nSPS) is 11.9. The summed E-state index contributed by atoms with van der Waals surface area (Å²) >= 11 is 0. The number of aryl methyl sites for hydroxylation is 2. The number of anilines is 2. The molecule has 1 heteroatoms. The van der Waals surface area contributed by atoms with Gasteiger partial charge in [0.15, 0.2) is 0 Å². The van der Waals surface area contributed by atoms with Crippen LogP contribution in [-0.2, 0) is 12.8 Å². The molecule has 0 fully saturated rings. The third-order valence-electron chi connectivity index (χ3n) is 4.71. The van der Waals surface area contributed by atoms with Gasteiger partial charge in [-0.1, -0.05) is 49.4 Å². The first-order valence-electron chi connectivity index (χ1n) is 8.32. The van der Waals surface area contributed by atoms with E-state index >= 15 is 0 Å². The van der Waals surface area contributed by atoms with Crippen LogP contribution in [0.4, 0.5) is 11.4 Å². The number of hydrogen-bond acceptors (Lipinski definition) is 1. The van der Waals surface area contributed by atoms with Gasteiger partial charge in [-0.25, -0.2) is 0 Å². The second kappa shape index (κ2) is 5.58. The van der Waals surface area contributed by atoms with Gasteiger partial charge in [-0.15, -0.1) is 0 Å². The Labute approximate surface area is 138 Å². The number of benzene rings is 3. The summed E-state index contributed by atoms with van der Waals surface area (Å²) in [6.07, 6.45) is 2.12. The van der Waals surface area contributed by atoms with Crippen LogP contribution in [0.3, 0.4) is 0 Å². The molecule has 114 valence electrons. The van der Waals surface area contributed by atoms with Crippen molar-refractivity contribution in [2.75, 3.05) is 5.32 Å². The van der Waals surface area contributed by atoms with Gasteiger partial charge in [0.25, 0.3) is 0 Å². The molecule has 1 N–H and O–H groups in total. The van der Waals surface area contributed by atoms with Crippen molar-refractivity contribution in [1.29, 1.82) is 0 Å². The smallest absolute Gasteiger partial charge is 0.0426 e. The molecule has 3 aromatic carbocycles. The van der Waals surface area contributed by atoms with Crippen LogP contribution in [-0.4, -0.2) is 0 Å². The van der Waals surface area contributed by atoms with E-state index in [1.54, 1.807) is 0 Å². The summed E-state index contributed by atoms with van der Waals surface area (Å²) < 4.78 is 0. The van der Waals surface area contributed by atoms with Gasteiger partial charge in [-0.3, -0.25) is 0 Å². The first kappa shape index (κ1) is 14.1. The Bertz CT molecular complexity index is 877. The van der Waals surface area contributed by atoms with E-state index in [4.69, 9.17) is 0 Å². The van der Waals surface area contributed by atoms with Crippen LogP contribution < -0.4 is 5.32 Å². The predicted molar refractivity (Wildman–Crippen MR) is 98.5 cm³/mol. The zero-order valence-corrected chi connectivity index (χ0v) is 13.7. The number of rotatable bonds is 3. The number of nitrogens with one attached hydrogen (secondary N) is 1. The van der Waals surface area contributed by atoms with Crippen LogP contribution in [0.15, 0.2) is 60.7 Å². The van der Waals surface area contributed by atoms with E-state index in [1.807, 2.05) is 0 Å². The van der Waals surface area contributed by atoms with Gasteiger partial charge < -0.3 is 5.32 Å². The second-order valence-electron chi connectivity index (χ2n) is 6.35. The fourth-order valence-corrected chi connectivity index (χ4v) is 3.49. The van der Waals surface area contributed by atoms with Crippen molar-refractivity contribution >= 4 is 11.4 Å². The molecule has 0 radical (unpaired) electrons. The molecular formula is C22H21N. The Hall–Kier alpha value is -2.54. The molecule has 3 aromatic rings. The molecule has 0 atom stereocenters. The summed E-state index contributed by atoms with van der Waals surface area (Å²) in [7, 11) is 0. The van der Waals surface area contributed by atoms with Crippen LogP contribution in [0.1, 0.15) is 29.2 Å². The topological polar surface area (TPSA) is 12.0 Å². The molecule has 0 spiro atoms. The summed E-state index contributed by atoms with van der Waals surface area (Å²) in [6.45, 7) is 4.34. The minimum Gasteiger partial charge on any atom is -0.355 e. The molecule has 0 saturated carbocycles.